The molecule has 0 atom stereocenters. The number of ether oxygens (including phenoxy) is 1. The summed E-state index contributed by atoms with van der Waals surface area (Å²) in [4.78, 5) is 23.7. The van der Waals surface area contributed by atoms with Gasteiger partial charge in [-0.05, 0) is 5.56 Å². The molecule has 0 saturated carbocycles. The highest BCUT2D eigenvalue weighted by atomic mass is 16.6. The molecule has 1 aromatic carbocycles. The number of nitrogens with zero attached hydrogens (tertiary/aromatic N) is 1. The minimum atomic E-state index is -0.992. The van der Waals surface area contributed by atoms with Crippen molar-refractivity contribution in [1.82, 2.24) is 4.90 Å². The van der Waals surface area contributed by atoms with Crippen LogP contribution in [0.3, 0.4) is 0 Å². The van der Waals surface area contributed by atoms with Gasteiger partial charge < -0.3 is 9.84 Å². The Balaban J connectivity index is 1.82. The topological polar surface area (TPSA) is 66.8 Å². The summed E-state index contributed by atoms with van der Waals surface area (Å²) < 4.78 is 5.10. The van der Waals surface area contributed by atoms with Gasteiger partial charge in [-0.2, -0.15) is 0 Å². The van der Waals surface area contributed by atoms with Gasteiger partial charge in [0.05, 0.1) is 12.1 Å². The van der Waals surface area contributed by atoms with Crippen molar-refractivity contribution in [2.75, 3.05) is 13.1 Å². The third-order valence-electron chi connectivity index (χ3n) is 2.66. The molecule has 18 heavy (non-hydrogen) atoms. The van der Waals surface area contributed by atoms with Crippen LogP contribution in [0.4, 0.5) is 4.79 Å². The van der Waals surface area contributed by atoms with Crippen LogP contribution in [0.2, 0.25) is 0 Å². The molecule has 0 bridgehead atoms. The van der Waals surface area contributed by atoms with Gasteiger partial charge in [0.15, 0.2) is 0 Å². The van der Waals surface area contributed by atoms with Gasteiger partial charge in [-0.25, -0.2) is 9.59 Å². The number of carbonyl (C=O) groups is 2. The number of benzene rings is 1. The van der Waals surface area contributed by atoms with Crippen LogP contribution in [0.5, 0.6) is 0 Å². The fourth-order valence-corrected chi connectivity index (χ4v) is 1.66. The summed E-state index contributed by atoms with van der Waals surface area (Å²) in [6.07, 6.45) is 1.03. The van der Waals surface area contributed by atoms with Crippen molar-refractivity contribution in [3.05, 3.63) is 47.5 Å². The summed E-state index contributed by atoms with van der Waals surface area (Å²) in [5.41, 5.74) is 1.13. The summed E-state index contributed by atoms with van der Waals surface area (Å²) >= 11 is 0. The normalized spacial score (nSPS) is 14.2. The fraction of sp³-hybridized carbons (Fsp3) is 0.231. The van der Waals surface area contributed by atoms with Crippen LogP contribution in [-0.2, 0) is 16.1 Å². The maximum Gasteiger partial charge on any atom is 0.410 e. The quantitative estimate of drug-likeness (QED) is 0.881. The van der Waals surface area contributed by atoms with Crippen LogP contribution >= 0.6 is 0 Å². The third kappa shape index (κ3) is 2.88. The molecule has 5 heteroatoms. The van der Waals surface area contributed by atoms with E-state index in [0.717, 1.165) is 5.56 Å². The number of aliphatic carboxylic acids is 1. The zero-order valence-electron chi connectivity index (χ0n) is 9.70. The van der Waals surface area contributed by atoms with Crippen molar-refractivity contribution in [2.45, 2.75) is 6.61 Å². The van der Waals surface area contributed by atoms with E-state index in [4.69, 9.17) is 9.84 Å². The van der Waals surface area contributed by atoms with E-state index in [9.17, 15) is 9.59 Å². The van der Waals surface area contributed by atoms with Crippen LogP contribution in [0.15, 0.2) is 42.0 Å². The van der Waals surface area contributed by atoms with Crippen LogP contribution < -0.4 is 0 Å². The van der Waals surface area contributed by atoms with Crippen molar-refractivity contribution < 1.29 is 19.4 Å². The lowest BCUT2D eigenvalue weighted by Gasteiger charge is -2.15. The lowest BCUT2D eigenvalue weighted by atomic mass is 10.2. The Morgan fingerprint density at radius 1 is 1.28 bits per heavy atom. The number of amides is 1. The van der Waals surface area contributed by atoms with Crippen LogP contribution in [0.25, 0.3) is 0 Å². The summed E-state index contributed by atoms with van der Waals surface area (Å²) in [6.45, 7) is 0.580. The lowest BCUT2D eigenvalue weighted by molar-refractivity contribution is -0.132. The Labute approximate surface area is 104 Å². The van der Waals surface area contributed by atoms with Gasteiger partial charge in [0, 0.05) is 6.54 Å². The molecule has 1 heterocycles. The number of hydrogen-bond donors (Lipinski definition) is 1. The zero-order valence-corrected chi connectivity index (χ0v) is 9.70. The summed E-state index contributed by atoms with van der Waals surface area (Å²) in [5.74, 6) is -0.992. The van der Waals surface area contributed by atoms with Gasteiger partial charge in [0.25, 0.3) is 0 Å². The highest BCUT2D eigenvalue weighted by molar-refractivity contribution is 5.89. The van der Waals surface area contributed by atoms with Gasteiger partial charge in [-0.3, -0.25) is 4.90 Å². The van der Waals surface area contributed by atoms with Crippen LogP contribution in [0, 0.1) is 0 Å². The second kappa shape index (κ2) is 5.35. The minimum absolute atomic E-state index is 0.100. The molecule has 1 aliphatic heterocycles. The van der Waals surface area contributed by atoms with Crippen molar-refractivity contribution in [3.8, 4) is 0 Å². The third-order valence-corrected chi connectivity index (χ3v) is 2.66. The van der Waals surface area contributed by atoms with Crippen molar-refractivity contribution in [3.63, 3.8) is 0 Å². The molecule has 2 rings (SSSR count). The molecule has 0 spiro atoms. The Hall–Kier alpha value is -2.30. The Morgan fingerprint density at radius 2 is 2.00 bits per heavy atom. The van der Waals surface area contributed by atoms with Gasteiger partial charge in [0.2, 0.25) is 0 Å². The maximum absolute atomic E-state index is 11.7. The molecule has 0 aliphatic carbocycles. The van der Waals surface area contributed by atoms with E-state index < -0.39 is 12.1 Å². The first-order chi connectivity index (χ1) is 8.66. The second-order valence-electron chi connectivity index (χ2n) is 3.96. The van der Waals surface area contributed by atoms with E-state index in [-0.39, 0.29) is 25.3 Å². The van der Waals surface area contributed by atoms with Gasteiger partial charge in [-0.15, -0.1) is 0 Å². The molecule has 0 aromatic heterocycles. The molecule has 5 nitrogen and oxygen atoms in total. The van der Waals surface area contributed by atoms with Crippen molar-refractivity contribution in [1.29, 1.82) is 0 Å². The molecule has 0 radical (unpaired) electrons. The Morgan fingerprint density at radius 3 is 2.61 bits per heavy atom. The molecular formula is C13H13NO4. The first-order valence-corrected chi connectivity index (χ1v) is 5.55. The number of carboxylic acids is 1. The van der Waals surface area contributed by atoms with Crippen molar-refractivity contribution in [2.24, 2.45) is 0 Å². The molecular weight excluding hydrogens is 234 g/mol. The van der Waals surface area contributed by atoms with Crippen molar-refractivity contribution >= 4 is 12.1 Å². The summed E-state index contributed by atoms with van der Waals surface area (Å²) in [6, 6.07) is 9.33. The van der Waals surface area contributed by atoms with Crippen LogP contribution in [-0.4, -0.2) is 35.2 Å². The molecule has 0 saturated heterocycles. The van der Waals surface area contributed by atoms with E-state index in [1.54, 1.807) is 0 Å². The average Bonchev–Trinajstić information content (AvgIpc) is 2.87. The predicted molar refractivity (Wildman–Crippen MR) is 63.9 cm³/mol. The molecule has 1 aliphatic rings. The summed E-state index contributed by atoms with van der Waals surface area (Å²) in [5, 5.41) is 8.77. The number of carboxylic acid groups (broad SMARTS) is 1. The SMILES string of the molecule is O=C(O)C1=CCN(C(=O)OCc2ccccc2)C1. The van der Waals surface area contributed by atoms with Crippen LogP contribution in [0.1, 0.15) is 5.56 Å². The highest BCUT2D eigenvalue weighted by Gasteiger charge is 2.24. The smallest absolute Gasteiger partial charge is 0.410 e. The second-order valence-corrected chi connectivity index (χ2v) is 3.96. The summed E-state index contributed by atoms with van der Waals surface area (Å²) in [7, 11) is 0. The highest BCUT2D eigenvalue weighted by Crippen LogP contribution is 2.11. The van der Waals surface area contributed by atoms with E-state index in [1.807, 2.05) is 30.3 Å². The minimum Gasteiger partial charge on any atom is -0.478 e. The zero-order chi connectivity index (χ0) is 13.0. The van der Waals surface area contributed by atoms with Gasteiger partial charge in [-0.1, -0.05) is 36.4 Å². The fourth-order valence-electron chi connectivity index (χ4n) is 1.66. The Bertz CT molecular complexity index is 481. The number of carbonyl (C=O) groups excluding carboxylic acids is 1. The predicted octanol–water partition coefficient (Wildman–Crippen LogP) is 1.65. The standard InChI is InChI=1S/C13H13NO4/c15-12(16)11-6-7-14(8-11)13(17)18-9-10-4-2-1-3-5-10/h1-6H,7-9H2,(H,15,16). The molecule has 1 aromatic rings. The van der Waals surface area contributed by atoms with E-state index >= 15 is 0 Å². The maximum atomic E-state index is 11.7. The first kappa shape index (κ1) is 12.2. The van der Waals surface area contributed by atoms with Gasteiger partial charge >= 0.3 is 12.1 Å². The average molecular weight is 247 g/mol. The number of rotatable bonds is 3. The number of hydrogen-bond acceptors (Lipinski definition) is 3. The Kier molecular flexibility index (Phi) is 3.62. The molecule has 1 amide bonds. The largest absolute Gasteiger partial charge is 0.478 e. The molecule has 94 valence electrons. The van der Waals surface area contributed by atoms with E-state index in [1.165, 1.54) is 11.0 Å². The monoisotopic (exact) mass is 247 g/mol. The lowest BCUT2D eigenvalue weighted by Crippen LogP contribution is -2.30. The van der Waals surface area contributed by atoms with E-state index in [0.29, 0.717) is 0 Å². The first-order valence-electron chi connectivity index (χ1n) is 5.55. The molecule has 1 N–H and O–H groups in total. The van der Waals surface area contributed by atoms with E-state index in [2.05, 4.69) is 0 Å². The molecule has 0 fully saturated rings. The molecule has 0 unspecified atom stereocenters. The van der Waals surface area contributed by atoms with Gasteiger partial charge in [0.1, 0.15) is 6.61 Å².